The highest BCUT2D eigenvalue weighted by Gasteiger charge is 2.40. The van der Waals surface area contributed by atoms with Gasteiger partial charge in [-0.15, -0.1) is 0 Å². The number of benzene rings is 2. The summed E-state index contributed by atoms with van der Waals surface area (Å²) < 4.78 is 5.32. The van der Waals surface area contributed by atoms with E-state index in [1.54, 1.807) is 32.2 Å². The van der Waals surface area contributed by atoms with Gasteiger partial charge >= 0.3 is 5.97 Å². The van der Waals surface area contributed by atoms with Crippen LogP contribution in [0.3, 0.4) is 0 Å². The number of carboxylic acids is 1. The lowest BCUT2D eigenvalue weighted by molar-refractivity contribution is -0.138. The molecule has 42 heavy (non-hydrogen) atoms. The summed E-state index contributed by atoms with van der Waals surface area (Å²) in [7, 11) is 5.02. The molecule has 0 unspecified atom stereocenters. The number of nitrogens with one attached hydrogen (secondary N) is 2. The molecule has 0 aromatic heterocycles. The molecule has 0 heterocycles. The van der Waals surface area contributed by atoms with E-state index in [1.165, 1.54) is 6.92 Å². The van der Waals surface area contributed by atoms with Crippen molar-refractivity contribution in [3.05, 3.63) is 77.4 Å². The molecule has 3 N–H and O–H groups in total. The maximum absolute atomic E-state index is 14.2. The van der Waals surface area contributed by atoms with Gasteiger partial charge in [0.1, 0.15) is 11.8 Å². The van der Waals surface area contributed by atoms with Gasteiger partial charge in [0.05, 0.1) is 19.2 Å². The highest BCUT2D eigenvalue weighted by Crippen LogP contribution is 2.32. The van der Waals surface area contributed by atoms with E-state index in [1.807, 2.05) is 96.1 Å². The average molecular weight is 580 g/mol. The summed E-state index contributed by atoms with van der Waals surface area (Å²) in [6, 6.07) is 15.5. The molecule has 230 valence electrons. The first-order valence-corrected chi connectivity index (χ1v) is 14.4. The summed E-state index contributed by atoms with van der Waals surface area (Å²) in [5, 5.41) is 15.8. The summed E-state index contributed by atoms with van der Waals surface area (Å²) >= 11 is 0. The fraction of sp³-hybridized carbons (Fsp3) is 0.500. The summed E-state index contributed by atoms with van der Waals surface area (Å²) in [4.78, 5) is 41.3. The maximum atomic E-state index is 14.2. The zero-order chi connectivity index (χ0) is 31.8. The second-order valence-corrected chi connectivity index (χ2v) is 12.5. The van der Waals surface area contributed by atoms with Gasteiger partial charge in [0.15, 0.2) is 0 Å². The van der Waals surface area contributed by atoms with Crippen molar-refractivity contribution < 1.29 is 24.2 Å². The van der Waals surface area contributed by atoms with Gasteiger partial charge < -0.3 is 25.4 Å². The molecule has 0 saturated heterocycles. The highest BCUT2D eigenvalue weighted by molar-refractivity contribution is 5.91. The summed E-state index contributed by atoms with van der Waals surface area (Å²) in [5.74, 6) is -0.934. The largest absolute Gasteiger partial charge is 0.497 e. The molecule has 3 atom stereocenters. The van der Waals surface area contributed by atoms with Crippen molar-refractivity contribution in [3.63, 3.8) is 0 Å². The van der Waals surface area contributed by atoms with E-state index in [4.69, 9.17) is 4.74 Å². The lowest BCUT2D eigenvalue weighted by Gasteiger charge is -2.38. The Labute approximate surface area is 251 Å². The van der Waals surface area contributed by atoms with E-state index in [0.29, 0.717) is 6.42 Å². The van der Waals surface area contributed by atoms with Crippen molar-refractivity contribution in [2.45, 2.75) is 83.8 Å². The molecule has 0 aliphatic carbocycles. The lowest BCUT2D eigenvalue weighted by Crippen LogP contribution is -2.59. The zero-order valence-electron chi connectivity index (χ0n) is 26.8. The van der Waals surface area contributed by atoms with Crippen LogP contribution < -0.4 is 15.4 Å². The maximum Gasteiger partial charge on any atom is 0.331 e. The van der Waals surface area contributed by atoms with Gasteiger partial charge in [0.2, 0.25) is 11.8 Å². The Balaban J connectivity index is 2.51. The van der Waals surface area contributed by atoms with Crippen molar-refractivity contribution >= 4 is 17.8 Å². The number of rotatable bonds is 14. The molecule has 2 amide bonds. The van der Waals surface area contributed by atoms with Crippen LogP contribution in [0, 0.1) is 5.92 Å². The monoisotopic (exact) mass is 579 g/mol. The van der Waals surface area contributed by atoms with Crippen LogP contribution in [0.1, 0.15) is 66.0 Å². The van der Waals surface area contributed by atoms with Crippen LogP contribution >= 0.6 is 0 Å². The number of carboxylic acid groups (broad SMARTS) is 1. The minimum atomic E-state index is -1.04. The molecule has 8 heteroatoms. The summed E-state index contributed by atoms with van der Waals surface area (Å²) in [6.45, 7) is 13.5. The third-order valence-corrected chi connectivity index (χ3v) is 8.23. The molecule has 0 aliphatic heterocycles. The Morgan fingerprint density at radius 3 is 2.02 bits per heavy atom. The molecular formula is C34H49N3O5. The van der Waals surface area contributed by atoms with Gasteiger partial charge in [0, 0.05) is 18.0 Å². The van der Waals surface area contributed by atoms with Crippen molar-refractivity contribution in [2.75, 3.05) is 21.2 Å². The minimum absolute atomic E-state index is 0.0544. The van der Waals surface area contributed by atoms with Gasteiger partial charge in [-0.3, -0.25) is 9.59 Å². The van der Waals surface area contributed by atoms with E-state index in [9.17, 15) is 19.5 Å². The fourth-order valence-corrected chi connectivity index (χ4v) is 5.45. The quantitative estimate of drug-likeness (QED) is 0.274. The van der Waals surface area contributed by atoms with Crippen molar-refractivity contribution in [1.82, 2.24) is 15.5 Å². The molecule has 0 saturated carbocycles. The molecule has 0 aliphatic rings. The second kappa shape index (κ2) is 14.5. The normalized spacial score (nSPS) is 14.6. The van der Waals surface area contributed by atoms with Gasteiger partial charge in [-0.25, -0.2) is 4.79 Å². The molecule has 0 spiro atoms. The number of hydrogen-bond donors (Lipinski definition) is 3. The number of likely N-dealkylation sites (N-methyl/N-ethyl adjacent to an activating group) is 2. The third kappa shape index (κ3) is 8.44. The van der Waals surface area contributed by atoms with Crippen LogP contribution in [0.4, 0.5) is 0 Å². The first kappa shape index (κ1) is 34.6. The van der Waals surface area contributed by atoms with E-state index in [2.05, 4.69) is 10.6 Å². The Bertz CT molecular complexity index is 1240. The number of amides is 2. The topological polar surface area (TPSA) is 108 Å². The van der Waals surface area contributed by atoms with Crippen LogP contribution in [0.25, 0.3) is 0 Å². The Hall–Kier alpha value is -3.65. The number of carbonyl (C=O) groups excluding carboxylic acids is 2. The smallest absolute Gasteiger partial charge is 0.331 e. The minimum Gasteiger partial charge on any atom is -0.497 e. The van der Waals surface area contributed by atoms with Gasteiger partial charge in [-0.1, -0.05) is 90.1 Å². The van der Waals surface area contributed by atoms with Crippen LogP contribution in [-0.4, -0.2) is 67.1 Å². The van der Waals surface area contributed by atoms with Crippen LogP contribution in [0.15, 0.2) is 66.2 Å². The first-order valence-electron chi connectivity index (χ1n) is 14.4. The number of carbonyl (C=O) groups is 3. The zero-order valence-corrected chi connectivity index (χ0v) is 26.8. The van der Waals surface area contributed by atoms with Crippen molar-refractivity contribution in [2.24, 2.45) is 5.92 Å². The van der Waals surface area contributed by atoms with Crippen molar-refractivity contribution in [1.29, 1.82) is 0 Å². The first-order chi connectivity index (χ1) is 19.6. The Kier molecular flexibility index (Phi) is 11.9. The van der Waals surface area contributed by atoms with E-state index in [0.717, 1.165) is 16.9 Å². The highest BCUT2D eigenvalue weighted by atomic mass is 16.5. The van der Waals surface area contributed by atoms with Crippen LogP contribution in [0.2, 0.25) is 0 Å². The van der Waals surface area contributed by atoms with E-state index < -0.39 is 34.9 Å². The molecular weight excluding hydrogens is 530 g/mol. The predicted molar refractivity (Wildman–Crippen MR) is 168 cm³/mol. The molecule has 0 fully saturated rings. The number of aliphatic carboxylic acids is 1. The molecule has 8 nitrogen and oxygen atoms in total. The number of methoxy groups -OCH3 is 1. The molecule has 2 rings (SSSR count). The van der Waals surface area contributed by atoms with Crippen LogP contribution in [-0.2, 0) is 25.2 Å². The number of hydrogen-bond acceptors (Lipinski definition) is 5. The number of ether oxygens (including phenoxy) is 1. The second-order valence-electron chi connectivity index (χ2n) is 12.5. The third-order valence-electron chi connectivity index (χ3n) is 8.23. The fourth-order valence-electron chi connectivity index (χ4n) is 5.45. The SMILES string of the molecule is CN[C@H](C(=O)N[C@@H](CC(C)(C)c1ccc(OC)cc1)C(=O)N(C)[C@H](/C=C(\C)C(=O)O)C(C)C)C(C)(C)c1ccccc1. The Morgan fingerprint density at radius 2 is 1.55 bits per heavy atom. The molecule has 2 aromatic rings. The van der Waals surface area contributed by atoms with E-state index >= 15 is 0 Å². The predicted octanol–water partition coefficient (Wildman–Crippen LogP) is 4.93. The Morgan fingerprint density at radius 1 is 0.976 bits per heavy atom. The average Bonchev–Trinajstić information content (AvgIpc) is 2.95. The standard InChI is InChI=1S/C34H49N3O5/c1-22(2)28(20-23(3)32(40)41)37(9)31(39)27(21-33(4,5)24-16-18-26(42-10)19-17-24)36-30(38)29(35-8)34(6,7)25-14-12-11-13-15-25/h11-20,22,27-29,35H,21H2,1-10H3,(H,36,38)(H,40,41)/b23-20+/t27-,28+,29+/m0/s1. The molecule has 0 bridgehead atoms. The molecule has 0 radical (unpaired) electrons. The molecule has 2 aromatic carbocycles. The lowest BCUT2D eigenvalue weighted by atomic mass is 9.76. The summed E-state index contributed by atoms with van der Waals surface area (Å²) in [6.07, 6.45) is 1.93. The van der Waals surface area contributed by atoms with Crippen molar-refractivity contribution in [3.8, 4) is 5.75 Å². The number of nitrogens with zero attached hydrogens (tertiary/aromatic N) is 1. The van der Waals surface area contributed by atoms with E-state index in [-0.39, 0.29) is 23.3 Å². The van der Waals surface area contributed by atoms with Gasteiger partial charge in [-0.05, 0) is 55.0 Å². The van der Waals surface area contributed by atoms with Gasteiger partial charge in [0.25, 0.3) is 0 Å². The van der Waals surface area contributed by atoms with Crippen LogP contribution in [0.5, 0.6) is 5.75 Å². The van der Waals surface area contributed by atoms with Gasteiger partial charge in [-0.2, -0.15) is 0 Å². The summed E-state index contributed by atoms with van der Waals surface area (Å²) in [5.41, 5.74) is 1.08.